The van der Waals surface area contributed by atoms with E-state index < -0.39 is 27.1 Å². The summed E-state index contributed by atoms with van der Waals surface area (Å²) in [6, 6.07) is 10.2. The summed E-state index contributed by atoms with van der Waals surface area (Å²) in [6.07, 6.45) is 4.76. The minimum absolute atomic E-state index is 0.0152. The first-order chi connectivity index (χ1) is 15.4. The van der Waals surface area contributed by atoms with E-state index in [1.807, 2.05) is 32.0 Å². The fraction of sp³-hybridized carbons (Fsp3) is 0.680. The van der Waals surface area contributed by atoms with Gasteiger partial charge in [-0.2, -0.15) is 8.42 Å². The van der Waals surface area contributed by atoms with Crippen LogP contribution in [-0.4, -0.2) is 50.2 Å². The SMILES string of the molecule is CC1(C)C2CCC1(CS(=O)(=O)O)C(=O)C2.CCC1=NC(c2ccccc2)C(OC)(OC)CC1. The van der Waals surface area contributed by atoms with Gasteiger partial charge in [-0.1, -0.05) is 51.1 Å². The van der Waals surface area contributed by atoms with Gasteiger partial charge in [0.1, 0.15) is 11.8 Å². The summed E-state index contributed by atoms with van der Waals surface area (Å²) >= 11 is 0. The molecule has 3 aliphatic rings. The second kappa shape index (κ2) is 9.56. The highest BCUT2D eigenvalue weighted by Crippen LogP contribution is 2.64. The van der Waals surface area contributed by atoms with Crippen molar-refractivity contribution in [2.45, 2.75) is 71.1 Å². The minimum atomic E-state index is -4.08. The molecule has 2 aliphatic carbocycles. The van der Waals surface area contributed by atoms with Gasteiger partial charge < -0.3 is 9.47 Å². The summed E-state index contributed by atoms with van der Waals surface area (Å²) in [5.74, 6) is -0.726. The lowest BCUT2D eigenvalue weighted by molar-refractivity contribution is -0.226. The summed E-state index contributed by atoms with van der Waals surface area (Å²) in [5, 5.41) is 0. The first kappa shape index (κ1) is 26.0. The molecule has 3 atom stereocenters. The van der Waals surface area contributed by atoms with Crippen molar-refractivity contribution >= 4 is 21.6 Å². The zero-order valence-electron chi connectivity index (χ0n) is 20.3. The molecular weight excluding hydrogens is 442 g/mol. The molecule has 33 heavy (non-hydrogen) atoms. The summed E-state index contributed by atoms with van der Waals surface area (Å²) in [7, 11) is -0.676. The van der Waals surface area contributed by atoms with E-state index in [4.69, 9.17) is 19.0 Å². The zero-order valence-corrected chi connectivity index (χ0v) is 21.2. The van der Waals surface area contributed by atoms with E-state index in [1.54, 1.807) is 14.2 Å². The predicted molar refractivity (Wildman–Crippen MR) is 128 cm³/mol. The van der Waals surface area contributed by atoms with Crippen LogP contribution in [0.4, 0.5) is 0 Å². The Morgan fingerprint density at radius 1 is 1.12 bits per heavy atom. The van der Waals surface area contributed by atoms with Gasteiger partial charge in [-0.05, 0) is 42.6 Å². The van der Waals surface area contributed by atoms with Crippen LogP contribution in [-0.2, 0) is 24.4 Å². The molecule has 1 N–H and O–H groups in total. The van der Waals surface area contributed by atoms with Gasteiger partial charge in [0.15, 0.2) is 5.79 Å². The summed E-state index contributed by atoms with van der Waals surface area (Å²) < 4.78 is 42.3. The fourth-order valence-corrected chi connectivity index (χ4v) is 7.26. The smallest absolute Gasteiger partial charge is 0.265 e. The molecule has 4 rings (SSSR count). The van der Waals surface area contributed by atoms with Gasteiger partial charge in [-0.15, -0.1) is 0 Å². The van der Waals surface area contributed by atoms with Crippen molar-refractivity contribution in [3.63, 3.8) is 0 Å². The molecular formula is C25H37NO6S. The Labute approximate surface area is 197 Å². The first-order valence-electron chi connectivity index (χ1n) is 11.6. The van der Waals surface area contributed by atoms with E-state index in [0.29, 0.717) is 12.8 Å². The van der Waals surface area contributed by atoms with Gasteiger partial charge >= 0.3 is 0 Å². The van der Waals surface area contributed by atoms with Crippen molar-refractivity contribution in [2.24, 2.45) is 21.7 Å². The van der Waals surface area contributed by atoms with Crippen molar-refractivity contribution in [1.82, 2.24) is 0 Å². The molecule has 7 nitrogen and oxygen atoms in total. The zero-order chi connectivity index (χ0) is 24.5. The van der Waals surface area contributed by atoms with Crippen molar-refractivity contribution in [1.29, 1.82) is 0 Å². The number of hydrogen-bond donors (Lipinski definition) is 1. The number of methoxy groups -OCH3 is 2. The molecule has 0 spiro atoms. The number of Topliss-reactive ketones (excluding diaryl/α,β-unsaturated/α-hetero) is 1. The number of carbonyl (C=O) groups excluding carboxylic acids is 1. The maximum Gasteiger partial charge on any atom is 0.265 e. The van der Waals surface area contributed by atoms with Crippen LogP contribution in [0.15, 0.2) is 35.3 Å². The topological polar surface area (TPSA) is 102 Å². The Hall–Kier alpha value is -1.61. The normalized spacial score (nSPS) is 29.9. The molecule has 2 saturated carbocycles. The van der Waals surface area contributed by atoms with Crippen LogP contribution < -0.4 is 0 Å². The van der Waals surface area contributed by atoms with Crippen LogP contribution in [0.5, 0.6) is 0 Å². The third kappa shape index (κ3) is 4.81. The van der Waals surface area contributed by atoms with Gasteiger partial charge in [-0.25, -0.2) is 0 Å². The number of fused-ring (bicyclic) bond motifs is 2. The Kier molecular flexibility index (Phi) is 7.54. The van der Waals surface area contributed by atoms with Crippen molar-refractivity contribution < 1.29 is 27.2 Å². The van der Waals surface area contributed by atoms with Gasteiger partial charge in [0.2, 0.25) is 0 Å². The lowest BCUT2D eigenvalue weighted by Gasteiger charge is -2.39. The molecule has 1 heterocycles. The highest BCUT2D eigenvalue weighted by atomic mass is 32.2. The van der Waals surface area contributed by atoms with E-state index >= 15 is 0 Å². The molecule has 8 heteroatoms. The Bertz CT molecular complexity index is 983. The molecule has 2 fully saturated rings. The van der Waals surface area contributed by atoms with Crippen molar-refractivity contribution in [2.75, 3.05) is 20.0 Å². The van der Waals surface area contributed by atoms with E-state index in [1.165, 1.54) is 5.71 Å². The highest BCUT2D eigenvalue weighted by molar-refractivity contribution is 7.85. The molecule has 0 saturated heterocycles. The Balaban J connectivity index is 0.000000189. The average Bonchev–Trinajstić information content (AvgIpc) is 3.13. The molecule has 0 aromatic heterocycles. The van der Waals surface area contributed by atoms with Crippen LogP contribution in [0.2, 0.25) is 0 Å². The number of carbonyl (C=O) groups is 1. The number of rotatable bonds is 6. The first-order valence-corrected chi connectivity index (χ1v) is 13.2. The number of ketones is 1. The molecule has 0 radical (unpaired) electrons. The van der Waals surface area contributed by atoms with Gasteiger partial charge in [0, 0.05) is 32.8 Å². The monoisotopic (exact) mass is 479 g/mol. The lowest BCUT2D eigenvalue weighted by Crippen LogP contribution is -2.43. The number of aliphatic imine (C=N–C) groups is 1. The van der Waals surface area contributed by atoms with Crippen LogP contribution in [0.1, 0.15) is 70.9 Å². The maximum atomic E-state index is 11.9. The Morgan fingerprint density at radius 3 is 2.21 bits per heavy atom. The second-order valence-electron chi connectivity index (χ2n) is 9.98. The van der Waals surface area contributed by atoms with Crippen LogP contribution in [0.25, 0.3) is 0 Å². The summed E-state index contributed by atoms with van der Waals surface area (Å²) in [4.78, 5) is 16.7. The van der Waals surface area contributed by atoms with E-state index in [2.05, 4.69) is 19.1 Å². The third-order valence-electron chi connectivity index (χ3n) is 8.27. The third-order valence-corrected chi connectivity index (χ3v) is 9.13. The summed E-state index contributed by atoms with van der Waals surface area (Å²) in [6.45, 7) is 6.04. The maximum absolute atomic E-state index is 11.9. The number of benzene rings is 1. The fourth-order valence-electron chi connectivity index (χ4n) is 5.96. The van der Waals surface area contributed by atoms with Gasteiger partial charge in [0.25, 0.3) is 10.1 Å². The number of ether oxygens (including phenoxy) is 2. The van der Waals surface area contributed by atoms with Gasteiger partial charge in [-0.3, -0.25) is 14.3 Å². The van der Waals surface area contributed by atoms with Crippen LogP contribution >= 0.6 is 0 Å². The molecule has 1 aromatic rings. The number of hydrogen-bond acceptors (Lipinski definition) is 6. The molecule has 184 valence electrons. The largest absolute Gasteiger partial charge is 0.351 e. The number of nitrogens with zero attached hydrogens (tertiary/aromatic N) is 1. The quantitative estimate of drug-likeness (QED) is 0.471. The van der Waals surface area contributed by atoms with Crippen LogP contribution in [0.3, 0.4) is 0 Å². The minimum Gasteiger partial charge on any atom is -0.351 e. The standard InChI is InChI=1S/C15H21NO2.C10H16O4S/c1-4-13-10-11-15(17-2,18-3)14(16-13)12-8-6-5-7-9-12;1-9(2)7-3-4-10(9,8(11)5-7)6-15(12,13)14/h5-9,14H,4,10-11H2,1-3H3;7H,3-6H2,1-2H3,(H,12,13,14). The van der Waals surface area contributed by atoms with Gasteiger partial charge in [0.05, 0.1) is 11.2 Å². The van der Waals surface area contributed by atoms with Crippen molar-refractivity contribution in [3.8, 4) is 0 Å². The Morgan fingerprint density at radius 2 is 1.76 bits per heavy atom. The highest BCUT2D eigenvalue weighted by Gasteiger charge is 2.65. The molecule has 3 unspecified atom stereocenters. The average molecular weight is 480 g/mol. The second-order valence-corrected chi connectivity index (χ2v) is 11.4. The van der Waals surface area contributed by atoms with E-state index in [0.717, 1.165) is 31.2 Å². The van der Waals surface area contributed by atoms with E-state index in [9.17, 15) is 13.2 Å². The lowest BCUT2D eigenvalue weighted by atomic mass is 9.70. The summed E-state index contributed by atoms with van der Waals surface area (Å²) in [5.41, 5.74) is 1.27. The van der Waals surface area contributed by atoms with Crippen molar-refractivity contribution in [3.05, 3.63) is 35.9 Å². The molecule has 0 amide bonds. The molecule has 2 bridgehead atoms. The van der Waals surface area contributed by atoms with E-state index in [-0.39, 0.29) is 23.2 Å². The molecule has 1 aromatic carbocycles. The predicted octanol–water partition coefficient (Wildman–Crippen LogP) is 4.63. The molecule has 1 aliphatic heterocycles. The van der Waals surface area contributed by atoms with Crippen LogP contribution in [0, 0.1) is 16.7 Å².